The van der Waals surface area contributed by atoms with Crippen molar-refractivity contribution in [3.05, 3.63) is 57.8 Å². The van der Waals surface area contributed by atoms with Crippen molar-refractivity contribution < 1.29 is 18.7 Å². The third kappa shape index (κ3) is 3.50. The summed E-state index contributed by atoms with van der Waals surface area (Å²) in [6, 6.07) is 11.4. The van der Waals surface area contributed by atoms with Crippen LogP contribution in [0.15, 0.2) is 40.9 Å². The fourth-order valence-corrected chi connectivity index (χ4v) is 4.08. The minimum atomic E-state index is -0.614. The molecule has 1 fully saturated rings. The molecule has 1 aliphatic carbocycles. The molecule has 6 heteroatoms. The zero-order valence-electron chi connectivity index (χ0n) is 16.2. The van der Waals surface area contributed by atoms with Gasteiger partial charge < -0.3 is 9.47 Å². The molecule has 1 spiro atoms. The van der Waals surface area contributed by atoms with E-state index in [9.17, 15) is 4.79 Å². The smallest absolute Gasteiger partial charge is 0.414 e. The van der Waals surface area contributed by atoms with E-state index in [1.54, 1.807) is 11.0 Å². The molecule has 1 saturated carbocycles. The Kier molecular flexibility index (Phi) is 4.65. The number of hydrogen-bond acceptors (Lipinski definition) is 3. The monoisotopic (exact) mass is 447 g/mol. The number of hydrogen-bond donors (Lipinski definition) is 0. The summed E-state index contributed by atoms with van der Waals surface area (Å²) in [5.41, 5.74) is 1.22. The Hall–Kier alpha value is -2.08. The van der Waals surface area contributed by atoms with Crippen LogP contribution in [0.25, 0.3) is 0 Å². The van der Waals surface area contributed by atoms with Crippen molar-refractivity contribution >= 4 is 27.7 Å². The molecule has 4 nitrogen and oxygen atoms in total. The first-order valence-electron chi connectivity index (χ1n) is 9.40. The van der Waals surface area contributed by atoms with E-state index in [0.29, 0.717) is 34.6 Å². The maximum Gasteiger partial charge on any atom is 0.414 e. The van der Waals surface area contributed by atoms with Crippen LogP contribution in [-0.2, 0) is 16.8 Å². The first-order valence-corrected chi connectivity index (χ1v) is 10.2. The lowest BCUT2D eigenvalue weighted by Crippen LogP contribution is -2.37. The second kappa shape index (κ2) is 6.76. The molecule has 2 aromatic carbocycles. The molecule has 0 bridgehead atoms. The Balaban J connectivity index is 1.67. The van der Waals surface area contributed by atoms with Crippen LogP contribution in [0.2, 0.25) is 0 Å². The van der Waals surface area contributed by atoms with Crippen LogP contribution in [0.5, 0.6) is 5.75 Å². The van der Waals surface area contributed by atoms with Crippen LogP contribution in [0.4, 0.5) is 14.9 Å². The minimum absolute atomic E-state index is 0.295. The van der Waals surface area contributed by atoms with Crippen LogP contribution in [0, 0.1) is 5.82 Å². The zero-order chi connectivity index (χ0) is 20.1. The molecule has 148 valence electrons. The topological polar surface area (TPSA) is 38.8 Å². The highest BCUT2D eigenvalue weighted by atomic mass is 79.9. The lowest BCUT2D eigenvalue weighted by molar-refractivity contribution is 0.0581. The largest absolute Gasteiger partial charge is 0.488 e. The molecular formula is C22H23BrFNO3. The number of nitrogens with zero attached hydrogens (tertiary/aromatic N) is 1. The van der Waals surface area contributed by atoms with Gasteiger partial charge in [-0.2, -0.15) is 0 Å². The number of carbonyl (C=O) groups excluding carboxylic acids is 1. The Labute approximate surface area is 172 Å². The Morgan fingerprint density at radius 1 is 1.25 bits per heavy atom. The van der Waals surface area contributed by atoms with Gasteiger partial charge in [-0.1, -0.05) is 30.3 Å². The van der Waals surface area contributed by atoms with Crippen LogP contribution < -0.4 is 9.64 Å². The summed E-state index contributed by atoms with van der Waals surface area (Å²) in [6.07, 6.45) is 1.29. The third-order valence-electron chi connectivity index (χ3n) is 5.14. The molecule has 2 aromatic rings. The zero-order valence-corrected chi connectivity index (χ0v) is 17.8. The second-order valence-corrected chi connectivity index (χ2v) is 9.31. The predicted molar refractivity (Wildman–Crippen MR) is 109 cm³/mol. The molecule has 0 radical (unpaired) electrons. The Morgan fingerprint density at radius 3 is 2.54 bits per heavy atom. The highest BCUT2D eigenvalue weighted by Crippen LogP contribution is 2.59. The van der Waals surface area contributed by atoms with Gasteiger partial charge in [0.25, 0.3) is 0 Å². The third-order valence-corrected chi connectivity index (χ3v) is 5.88. The number of halogens is 2. The molecule has 0 atom stereocenters. The highest BCUT2D eigenvalue weighted by Gasteiger charge is 2.56. The number of fused-ring (bicyclic) bond motifs is 2. The molecule has 4 rings (SSSR count). The van der Waals surface area contributed by atoms with Gasteiger partial charge in [0, 0.05) is 23.6 Å². The summed E-state index contributed by atoms with van der Waals surface area (Å²) in [7, 11) is 0. The van der Waals surface area contributed by atoms with E-state index in [4.69, 9.17) is 9.47 Å². The van der Waals surface area contributed by atoms with Gasteiger partial charge in [-0.3, -0.25) is 4.90 Å². The van der Waals surface area contributed by atoms with E-state index in [1.807, 2.05) is 51.1 Å². The van der Waals surface area contributed by atoms with Gasteiger partial charge in [0.2, 0.25) is 0 Å². The molecule has 0 aromatic heterocycles. The van der Waals surface area contributed by atoms with Gasteiger partial charge >= 0.3 is 6.09 Å². The van der Waals surface area contributed by atoms with Crippen molar-refractivity contribution in [2.45, 2.75) is 51.2 Å². The SMILES string of the molecule is CC(C)(C)OC(=O)N1CC2(CC2)c2c1cc(OCc1ccccc1)c(Br)c2F. The van der Waals surface area contributed by atoms with Gasteiger partial charge in [-0.05, 0) is 55.1 Å². The van der Waals surface area contributed by atoms with Crippen LogP contribution in [0.1, 0.15) is 44.7 Å². The molecule has 0 N–H and O–H groups in total. The molecule has 0 saturated heterocycles. The van der Waals surface area contributed by atoms with Gasteiger partial charge in [0.05, 0.1) is 10.2 Å². The summed E-state index contributed by atoms with van der Waals surface area (Å²) in [5.74, 6) is 0.0375. The normalized spacial score (nSPS) is 16.8. The summed E-state index contributed by atoms with van der Waals surface area (Å²) in [6.45, 7) is 6.24. The maximum absolute atomic E-state index is 15.3. The van der Waals surface area contributed by atoms with E-state index in [-0.39, 0.29) is 11.2 Å². The summed E-state index contributed by atoms with van der Waals surface area (Å²) in [4.78, 5) is 14.3. The molecule has 0 unspecified atom stereocenters. The quantitative estimate of drug-likeness (QED) is 0.582. The Morgan fingerprint density at radius 2 is 1.93 bits per heavy atom. The van der Waals surface area contributed by atoms with E-state index in [1.165, 1.54) is 0 Å². The van der Waals surface area contributed by atoms with Crippen LogP contribution >= 0.6 is 15.9 Å². The lowest BCUT2D eigenvalue weighted by Gasteiger charge is -2.25. The number of anilines is 1. The summed E-state index contributed by atoms with van der Waals surface area (Å²) in [5, 5.41) is 0. The Bertz CT molecular complexity index is 920. The van der Waals surface area contributed by atoms with Gasteiger partial charge in [0.15, 0.2) is 0 Å². The lowest BCUT2D eigenvalue weighted by atomic mass is 9.98. The van der Waals surface area contributed by atoms with Crippen molar-refractivity contribution in [2.24, 2.45) is 0 Å². The molecule has 28 heavy (non-hydrogen) atoms. The van der Waals surface area contributed by atoms with E-state index in [0.717, 1.165) is 18.4 Å². The number of carbonyl (C=O) groups is 1. The highest BCUT2D eigenvalue weighted by molar-refractivity contribution is 9.10. The van der Waals surface area contributed by atoms with Crippen molar-refractivity contribution in [1.29, 1.82) is 0 Å². The van der Waals surface area contributed by atoms with Crippen molar-refractivity contribution in [3.63, 3.8) is 0 Å². The molecule has 1 aliphatic heterocycles. The average molecular weight is 448 g/mol. The first-order chi connectivity index (χ1) is 13.2. The average Bonchev–Trinajstić information content (AvgIpc) is 3.32. The number of benzene rings is 2. The second-order valence-electron chi connectivity index (χ2n) is 8.52. The number of rotatable bonds is 3. The predicted octanol–water partition coefficient (Wildman–Crippen LogP) is 5.95. The fraction of sp³-hybridized carbons (Fsp3) is 0.409. The number of amides is 1. The van der Waals surface area contributed by atoms with Crippen LogP contribution in [-0.4, -0.2) is 18.2 Å². The summed E-state index contributed by atoms with van der Waals surface area (Å²) < 4.78 is 27.0. The first kappa shape index (κ1) is 19.2. The molecule has 2 aliphatic rings. The van der Waals surface area contributed by atoms with E-state index >= 15 is 4.39 Å². The van der Waals surface area contributed by atoms with E-state index < -0.39 is 11.7 Å². The van der Waals surface area contributed by atoms with Crippen molar-refractivity contribution in [3.8, 4) is 5.75 Å². The molecule has 1 heterocycles. The number of ether oxygens (including phenoxy) is 2. The van der Waals surface area contributed by atoms with E-state index in [2.05, 4.69) is 15.9 Å². The fourth-order valence-electron chi connectivity index (χ4n) is 3.65. The maximum atomic E-state index is 15.3. The summed E-state index contributed by atoms with van der Waals surface area (Å²) >= 11 is 3.36. The van der Waals surface area contributed by atoms with Crippen LogP contribution in [0.3, 0.4) is 0 Å². The van der Waals surface area contributed by atoms with Crippen molar-refractivity contribution in [1.82, 2.24) is 0 Å². The van der Waals surface area contributed by atoms with Gasteiger partial charge in [0.1, 0.15) is 23.8 Å². The standard InChI is InChI=1S/C22H23BrFNO3/c1-21(2,3)28-20(26)25-13-22(9-10-22)17-15(25)11-16(18(23)19(17)24)27-12-14-7-5-4-6-8-14/h4-8,11H,9-10,12-13H2,1-3H3. The van der Waals surface area contributed by atoms with Gasteiger partial charge in [-0.15, -0.1) is 0 Å². The van der Waals surface area contributed by atoms with Crippen molar-refractivity contribution in [2.75, 3.05) is 11.4 Å². The van der Waals surface area contributed by atoms with Gasteiger partial charge in [-0.25, -0.2) is 9.18 Å². The molecule has 1 amide bonds. The molecular weight excluding hydrogens is 425 g/mol. The minimum Gasteiger partial charge on any atom is -0.488 e.